The highest BCUT2D eigenvalue weighted by Gasteiger charge is 2.42. The highest BCUT2D eigenvalue weighted by Crippen LogP contribution is 2.40. The maximum Gasteiger partial charge on any atom is 0.0271 e. The third kappa shape index (κ3) is 3.08. The Morgan fingerprint density at radius 3 is 2.39 bits per heavy atom. The number of hydrogen-bond acceptors (Lipinski definition) is 2. The van der Waals surface area contributed by atoms with E-state index >= 15 is 0 Å². The Balaban J connectivity index is 2.10. The minimum atomic E-state index is 0.439. The Labute approximate surface area is 114 Å². The van der Waals surface area contributed by atoms with Crippen LogP contribution in [0.25, 0.3) is 0 Å². The van der Waals surface area contributed by atoms with E-state index in [-0.39, 0.29) is 0 Å². The first-order valence-corrected chi connectivity index (χ1v) is 7.88. The summed E-state index contributed by atoms with van der Waals surface area (Å²) in [5.41, 5.74) is 0.439. The lowest BCUT2D eigenvalue weighted by molar-refractivity contribution is 0.0313. The Morgan fingerprint density at radius 2 is 1.89 bits per heavy atom. The van der Waals surface area contributed by atoms with Gasteiger partial charge in [-0.2, -0.15) is 0 Å². The van der Waals surface area contributed by atoms with E-state index in [0.29, 0.717) is 17.5 Å². The van der Waals surface area contributed by atoms with Crippen molar-refractivity contribution in [1.82, 2.24) is 10.2 Å². The van der Waals surface area contributed by atoms with E-state index in [4.69, 9.17) is 0 Å². The number of nitrogens with one attached hydrogen (secondary N) is 1. The van der Waals surface area contributed by atoms with Crippen LogP contribution in [0.4, 0.5) is 0 Å². The summed E-state index contributed by atoms with van der Waals surface area (Å²) in [4.78, 5) is 2.79. The van der Waals surface area contributed by atoms with Crippen LogP contribution in [0.2, 0.25) is 0 Å². The van der Waals surface area contributed by atoms with Crippen molar-refractivity contribution >= 4 is 0 Å². The molecular weight excluding hydrogens is 220 g/mol. The molecule has 0 aromatic heterocycles. The van der Waals surface area contributed by atoms with Gasteiger partial charge in [0.1, 0.15) is 0 Å². The lowest BCUT2D eigenvalue weighted by Gasteiger charge is -2.49. The van der Waals surface area contributed by atoms with Crippen LogP contribution >= 0.6 is 0 Å². The summed E-state index contributed by atoms with van der Waals surface area (Å²) in [6.07, 6.45) is 7.06. The summed E-state index contributed by atoms with van der Waals surface area (Å²) in [6, 6.07) is 2.06. The van der Waals surface area contributed by atoms with E-state index in [0.717, 1.165) is 12.0 Å². The zero-order valence-corrected chi connectivity index (χ0v) is 13.0. The van der Waals surface area contributed by atoms with Gasteiger partial charge in [0.15, 0.2) is 0 Å². The molecule has 0 aromatic carbocycles. The fraction of sp³-hybridized carbons (Fsp3) is 1.00. The third-order valence-corrected chi connectivity index (χ3v) is 5.11. The lowest BCUT2D eigenvalue weighted by Crippen LogP contribution is -2.59. The number of likely N-dealkylation sites (N-methyl/N-ethyl adjacent to an activating group) is 1. The second kappa shape index (κ2) is 5.50. The van der Waals surface area contributed by atoms with Gasteiger partial charge in [-0.1, -0.05) is 20.3 Å². The van der Waals surface area contributed by atoms with Crippen molar-refractivity contribution in [2.45, 2.75) is 77.9 Å². The summed E-state index contributed by atoms with van der Waals surface area (Å²) >= 11 is 0. The molecule has 0 bridgehead atoms. The zero-order chi connectivity index (χ0) is 13.3. The minimum absolute atomic E-state index is 0.439. The van der Waals surface area contributed by atoms with Crippen molar-refractivity contribution < 1.29 is 0 Å². The maximum atomic E-state index is 3.63. The molecule has 0 amide bonds. The molecule has 0 aliphatic heterocycles. The number of nitrogens with zero attached hydrogens (tertiary/aromatic N) is 1. The quantitative estimate of drug-likeness (QED) is 0.808. The van der Waals surface area contributed by atoms with Crippen molar-refractivity contribution in [3.63, 3.8) is 0 Å². The van der Waals surface area contributed by atoms with Crippen LogP contribution in [-0.2, 0) is 0 Å². The molecule has 2 aliphatic rings. The standard InChI is InChI=1S/C16H32N2/c1-12(2)18(11-13-8-9-13)14-7-6-10-16(3,4)15(14)17-5/h12-15,17H,6-11H2,1-5H3. The summed E-state index contributed by atoms with van der Waals surface area (Å²) < 4.78 is 0. The predicted octanol–water partition coefficient (Wildman–Crippen LogP) is 3.27. The van der Waals surface area contributed by atoms with E-state index in [2.05, 4.69) is 45.0 Å². The van der Waals surface area contributed by atoms with Crippen molar-refractivity contribution in [2.24, 2.45) is 11.3 Å². The molecule has 2 aliphatic carbocycles. The molecule has 2 unspecified atom stereocenters. The van der Waals surface area contributed by atoms with Crippen LogP contribution in [-0.4, -0.2) is 36.6 Å². The molecular formula is C16H32N2. The summed E-state index contributed by atoms with van der Waals surface area (Å²) in [6.45, 7) is 11.0. The normalized spacial score (nSPS) is 32.2. The highest BCUT2D eigenvalue weighted by atomic mass is 15.2. The van der Waals surface area contributed by atoms with E-state index in [9.17, 15) is 0 Å². The van der Waals surface area contributed by atoms with Crippen molar-refractivity contribution in [3.05, 3.63) is 0 Å². The maximum absolute atomic E-state index is 3.63. The van der Waals surface area contributed by atoms with Gasteiger partial charge in [-0.05, 0) is 57.9 Å². The summed E-state index contributed by atoms with van der Waals surface area (Å²) in [7, 11) is 2.15. The first kappa shape index (κ1) is 14.3. The number of rotatable bonds is 5. The van der Waals surface area contributed by atoms with E-state index in [1.807, 2.05) is 0 Å². The summed E-state index contributed by atoms with van der Waals surface area (Å²) in [5, 5.41) is 3.63. The second-order valence-corrected chi connectivity index (χ2v) is 7.45. The molecule has 0 aromatic rings. The molecule has 18 heavy (non-hydrogen) atoms. The third-order valence-electron chi connectivity index (χ3n) is 5.11. The Hall–Kier alpha value is -0.0800. The smallest absolute Gasteiger partial charge is 0.0271 e. The van der Waals surface area contributed by atoms with Gasteiger partial charge in [0, 0.05) is 24.7 Å². The second-order valence-electron chi connectivity index (χ2n) is 7.45. The van der Waals surface area contributed by atoms with Crippen LogP contribution < -0.4 is 5.32 Å². The van der Waals surface area contributed by atoms with E-state index in [1.54, 1.807) is 0 Å². The lowest BCUT2D eigenvalue weighted by atomic mass is 9.70. The first-order valence-electron chi connectivity index (χ1n) is 7.88. The fourth-order valence-corrected chi connectivity index (χ4v) is 3.88. The molecule has 0 spiro atoms. The zero-order valence-electron chi connectivity index (χ0n) is 13.0. The van der Waals surface area contributed by atoms with Gasteiger partial charge in [-0.15, -0.1) is 0 Å². The Bertz CT molecular complexity index is 268. The molecule has 2 atom stereocenters. The van der Waals surface area contributed by atoms with Crippen LogP contribution in [0.1, 0.15) is 59.8 Å². The fourth-order valence-electron chi connectivity index (χ4n) is 3.88. The molecule has 2 rings (SSSR count). The average molecular weight is 252 g/mol. The van der Waals surface area contributed by atoms with E-state index < -0.39 is 0 Å². The van der Waals surface area contributed by atoms with Gasteiger partial charge in [0.25, 0.3) is 0 Å². The van der Waals surface area contributed by atoms with Crippen LogP contribution in [0, 0.1) is 11.3 Å². The van der Waals surface area contributed by atoms with Gasteiger partial charge in [-0.3, -0.25) is 4.90 Å². The topological polar surface area (TPSA) is 15.3 Å². The molecule has 2 fully saturated rings. The predicted molar refractivity (Wildman–Crippen MR) is 78.8 cm³/mol. The Kier molecular flexibility index (Phi) is 4.38. The van der Waals surface area contributed by atoms with Gasteiger partial charge in [-0.25, -0.2) is 0 Å². The molecule has 106 valence electrons. The molecule has 2 saturated carbocycles. The number of hydrogen-bond donors (Lipinski definition) is 1. The average Bonchev–Trinajstić information content (AvgIpc) is 3.07. The molecule has 1 N–H and O–H groups in total. The van der Waals surface area contributed by atoms with Gasteiger partial charge < -0.3 is 5.32 Å². The monoisotopic (exact) mass is 252 g/mol. The Morgan fingerprint density at radius 1 is 1.22 bits per heavy atom. The molecule has 0 heterocycles. The van der Waals surface area contributed by atoms with Crippen LogP contribution in [0.15, 0.2) is 0 Å². The molecule has 2 heteroatoms. The first-order chi connectivity index (χ1) is 8.45. The largest absolute Gasteiger partial charge is 0.315 e. The SMILES string of the molecule is CNC1C(N(CC2CC2)C(C)C)CCCC1(C)C. The highest BCUT2D eigenvalue weighted by molar-refractivity contribution is 4.99. The molecule has 0 radical (unpaired) electrons. The van der Waals surface area contributed by atoms with Gasteiger partial charge in [0.05, 0.1) is 0 Å². The van der Waals surface area contributed by atoms with Crippen molar-refractivity contribution in [1.29, 1.82) is 0 Å². The van der Waals surface area contributed by atoms with Crippen LogP contribution in [0.3, 0.4) is 0 Å². The summed E-state index contributed by atoms with van der Waals surface area (Å²) in [5.74, 6) is 0.995. The molecule has 0 saturated heterocycles. The van der Waals surface area contributed by atoms with Crippen molar-refractivity contribution in [3.8, 4) is 0 Å². The minimum Gasteiger partial charge on any atom is -0.315 e. The van der Waals surface area contributed by atoms with Gasteiger partial charge >= 0.3 is 0 Å². The van der Waals surface area contributed by atoms with Crippen molar-refractivity contribution in [2.75, 3.05) is 13.6 Å². The van der Waals surface area contributed by atoms with Gasteiger partial charge in [0.2, 0.25) is 0 Å². The van der Waals surface area contributed by atoms with E-state index in [1.165, 1.54) is 38.6 Å². The van der Waals surface area contributed by atoms with Crippen LogP contribution in [0.5, 0.6) is 0 Å². The molecule has 2 nitrogen and oxygen atoms in total.